The van der Waals surface area contributed by atoms with Crippen LogP contribution >= 0.6 is 38.9 Å². The second kappa shape index (κ2) is 7.52. The van der Waals surface area contributed by atoms with Crippen LogP contribution in [0.1, 0.15) is 17.9 Å². The summed E-state index contributed by atoms with van der Waals surface area (Å²) in [6.07, 6.45) is 0.207. The van der Waals surface area contributed by atoms with Gasteiger partial charge in [-0.25, -0.2) is 8.42 Å². The molecule has 2 N–H and O–H groups in total. The van der Waals surface area contributed by atoms with E-state index in [2.05, 4.69) is 20.7 Å². The molecule has 0 amide bonds. The Labute approximate surface area is 185 Å². The van der Waals surface area contributed by atoms with Crippen LogP contribution in [0.3, 0.4) is 0 Å². The number of hydrogen-bond acceptors (Lipinski definition) is 4. The Hall–Kier alpha value is -1.71. The predicted molar refractivity (Wildman–Crippen MR) is 117 cm³/mol. The van der Waals surface area contributed by atoms with Gasteiger partial charge in [-0.2, -0.15) is 4.72 Å². The van der Waals surface area contributed by atoms with Crippen LogP contribution in [-0.4, -0.2) is 25.0 Å². The molecule has 0 saturated heterocycles. The molecule has 1 aliphatic carbocycles. The first kappa shape index (κ1) is 20.6. The number of aliphatic carboxylic acids is 1. The maximum atomic E-state index is 12.9. The largest absolute Gasteiger partial charge is 0.480 e. The van der Waals surface area contributed by atoms with Gasteiger partial charge in [0.2, 0.25) is 0 Å². The Balaban J connectivity index is 1.60. The lowest BCUT2D eigenvalue weighted by molar-refractivity contribution is -0.140. The number of nitrogens with one attached hydrogen (secondary N) is 1. The molecule has 4 rings (SSSR count). The standard InChI is InChI=1S/C20H15BrClNO4S2/c21-14-5-1-12(2-6-14)16-11-20(16,19(24)25)23-29(26,27)18-10-9-17(28-18)13-3-7-15(22)8-4-13/h1-10,16,23H,11H2,(H,24,25)/t16-,20+/m0/s1. The van der Waals surface area contributed by atoms with Gasteiger partial charge in [0.25, 0.3) is 10.0 Å². The van der Waals surface area contributed by atoms with Gasteiger partial charge in [-0.1, -0.05) is 51.8 Å². The molecule has 0 bridgehead atoms. The normalized spacial score (nSPS) is 21.1. The Morgan fingerprint density at radius 3 is 2.38 bits per heavy atom. The van der Waals surface area contributed by atoms with E-state index in [1.165, 1.54) is 6.07 Å². The average Bonchev–Trinajstić information content (AvgIpc) is 3.17. The van der Waals surface area contributed by atoms with E-state index in [4.69, 9.17) is 11.6 Å². The third-order valence-electron chi connectivity index (χ3n) is 4.91. The molecule has 0 radical (unpaired) electrons. The van der Waals surface area contributed by atoms with Crippen molar-refractivity contribution in [3.05, 3.63) is 75.7 Å². The van der Waals surface area contributed by atoms with Gasteiger partial charge in [0.15, 0.2) is 0 Å². The van der Waals surface area contributed by atoms with Crippen LogP contribution in [0.2, 0.25) is 5.02 Å². The smallest absolute Gasteiger partial charge is 0.325 e. The van der Waals surface area contributed by atoms with Crippen molar-refractivity contribution in [3.8, 4) is 10.4 Å². The van der Waals surface area contributed by atoms with E-state index in [0.717, 1.165) is 31.8 Å². The summed E-state index contributed by atoms with van der Waals surface area (Å²) in [5, 5.41) is 10.4. The molecule has 0 unspecified atom stereocenters. The predicted octanol–water partition coefficient (Wildman–Crippen LogP) is 5.12. The number of carboxylic acid groups (broad SMARTS) is 1. The number of benzene rings is 2. The Bertz CT molecular complexity index is 1180. The van der Waals surface area contributed by atoms with E-state index in [-0.39, 0.29) is 10.6 Å². The van der Waals surface area contributed by atoms with Gasteiger partial charge in [0.05, 0.1) is 0 Å². The van der Waals surface area contributed by atoms with Crippen molar-refractivity contribution in [2.75, 3.05) is 0 Å². The summed E-state index contributed by atoms with van der Waals surface area (Å²) < 4.78 is 29.3. The second-order valence-corrected chi connectivity index (χ2v) is 11.2. The molecule has 1 heterocycles. The minimum absolute atomic E-state index is 0.0736. The molecule has 3 aromatic rings. The number of sulfonamides is 1. The molecule has 1 saturated carbocycles. The third kappa shape index (κ3) is 4.00. The highest BCUT2D eigenvalue weighted by Crippen LogP contribution is 2.52. The first-order valence-corrected chi connectivity index (χ1v) is 12.1. The molecule has 5 nitrogen and oxygen atoms in total. The monoisotopic (exact) mass is 511 g/mol. The molecule has 29 heavy (non-hydrogen) atoms. The van der Waals surface area contributed by atoms with Crippen LogP contribution < -0.4 is 4.72 Å². The summed E-state index contributed by atoms with van der Waals surface area (Å²) >= 11 is 10.3. The van der Waals surface area contributed by atoms with Crippen LogP contribution in [0, 0.1) is 0 Å². The Kier molecular flexibility index (Phi) is 5.33. The van der Waals surface area contributed by atoms with Crippen molar-refractivity contribution < 1.29 is 18.3 Å². The van der Waals surface area contributed by atoms with Crippen LogP contribution in [0.15, 0.2) is 69.3 Å². The SMILES string of the molecule is O=C(O)[C@@]1(NS(=O)(=O)c2ccc(-c3ccc(Cl)cc3)s2)C[C@H]1c1ccc(Br)cc1. The number of rotatable bonds is 6. The molecule has 1 aliphatic rings. The summed E-state index contributed by atoms with van der Waals surface area (Å²) in [5.41, 5.74) is 0.0937. The molecule has 150 valence electrons. The van der Waals surface area contributed by atoms with Gasteiger partial charge in [0, 0.05) is 20.3 Å². The number of carboxylic acids is 1. The van der Waals surface area contributed by atoms with Crippen molar-refractivity contribution in [1.29, 1.82) is 0 Å². The highest BCUT2D eigenvalue weighted by Gasteiger charge is 2.63. The fraction of sp³-hybridized carbons (Fsp3) is 0.150. The van der Waals surface area contributed by atoms with Gasteiger partial charge >= 0.3 is 5.97 Å². The van der Waals surface area contributed by atoms with Gasteiger partial charge in [-0.3, -0.25) is 4.79 Å². The van der Waals surface area contributed by atoms with E-state index in [0.29, 0.717) is 5.02 Å². The van der Waals surface area contributed by atoms with Crippen molar-refractivity contribution in [2.24, 2.45) is 0 Å². The highest BCUT2D eigenvalue weighted by atomic mass is 79.9. The van der Waals surface area contributed by atoms with E-state index in [1.54, 1.807) is 42.5 Å². The van der Waals surface area contributed by atoms with Crippen LogP contribution in [0.25, 0.3) is 10.4 Å². The zero-order valence-electron chi connectivity index (χ0n) is 14.8. The summed E-state index contributed by atoms with van der Waals surface area (Å²) in [6, 6.07) is 17.5. The van der Waals surface area contributed by atoms with Gasteiger partial charge < -0.3 is 5.11 Å². The Morgan fingerprint density at radius 1 is 1.10 bits per heavy atom. The first-order valence-electron chi connectivity index (χ1n) is 8.60. The third-order valence-corrected chi connectivity index (χ3v) is 8.82. The maximum Gasteiger partial charge on any atom is 0.325 e. The van der Waals surface area contributed by atoms with Gasteiger partial charge in [0.1, 0.15) is 9.75 Å². The second-order valence-electron chi connectivity index (χ2n) is 6.82. The molecule has 2 atom stereocenters. The summed E-state index contributed by atoms with van der Waals surface area (Å²) in [4.78, 5) is 12.7. The highest BCUT2D eigenvalue weighted by molar-refractivity contribution is 9.10. The molecule has 2 aromatic carbocycles. The van der Waals surface area contributed by atoms with E-state index >= 15 is 0 Å². The number of carbonyl (C=O) groups is 1. The molecule has 1 fully saturated rings. The van der Waals surface area contributed by atoms with Crippen molar-refractivity contribution in [3.63, 3.8) is 0 Å². The van der Waals surface area contributed by atoms with Crippen LogP contribution in [0.5, 0.6) is 0 Å². The quantitative estimate of drug-likeness (QED) is 0.480. The molecular weight excluding hydrogens is 498 g/mol. The molecule has 1 aromatic heterocycles. The lowest BCUT2D eigenvalue weighted by Gasteiger charge is -2.14. The molecule has 0 spiro atoms. The molecular formula is C20H15BrClNO4S2. The number of thiophene rings is 1. The van der Waals surface area contributed by atoms with Crippen molar-refractivity contribution in [1.82, 2.24) is 4.72 Å². The Morgan fingerprint density at radius 2 is 1.76 bits per heavy atom. The fourth-order valence-electron chi connectivity index (χ4n) is 3.28. The lowest BCUT2D eigenvalue weighted by Crippen LogP contribution is -2.44. The fourth-order valence-corrected chi connectivity index (χ4v) is 6.38. The average molecular weight is 513 g/mol. The van der Waals surface area contributed by atoms with Gasteiger partial charge in [-0.15, -0.1) is 11.3 Å². The zero-order valence-corrected chi connectivity index (χ0v) is 18.8. The number of halogens is 2. The summed E-state index contributed by atoms with van der Waals surface area (Å²) in [5.74, 6) is -1.60. The maximum absolute atomic E-state index is 12.9. The summed E-state index contributed by atoms with van der Waals surface area (Å²) in [7, 11) is -3.99. The number of hydrogen-bond donors (Lipinski definition) is 2. The van der Waals surface area contributed by atoms with E-state index in [9.17, 15) is 18.3 Å². The van der Waals surface area contributed by atoms with Crippen LogP contribution in [0.4, 0.5) is 0 Å². The van der Waals surface area contributed by atoms with E-state index < -0.39 is 27.4 Å². The topological polar surface area (TPSA) is 83.5 Å². The summed E-state index contributed by atoms with van der Waals surface area (Å²) in [6.45, 7) is 0. The molecule has 0 aliphatic heterocycles. The minimum Gasteiger partial charge on any atom is -0.480 e. The zero-order chi connectivity index (χ0) is 20.8. The van der Waals surface area contributed by atoms with Crippen LogP contribution in [-0.2, 0) is 14.8 Å². The van der Waals surface area contributed by atoms with Crippen molar-refractivity contribution >= 4 is 54.9 Å². The van der Waals surface area contributed by atoms with Crippen molar-refractivity contribution in [2.45, 2.75) is 22.1 Å². The van der Waals surface area contributed by atoms with E-state index in [1.807, 2.05) is 12.1 Å². The minimum atomic E-state index is -3.99. The van der Waals surface area contributed by atoms with Gasteiger partial charge in [-0.05, 0) is 53.9 Å². The molecule has 9 heteroatoms. The lowest BCUT2D eigenvalue weighted by atomic mass is 10.1. The first-order chi connectivity index (χ1) is 13.7.